The number of fused-ring (bicyclic) bond motifs is 1. The fourth-order valence-electron chi connectivity index (χ4n) is 6.83. The van der Waals surface area contributed by atoms with Crippen LogP contribution in [0.3, 0.4) is 0 Å². The average molecular weight is 414 g/mol. The van der Waals surface area contributed by atoms with Crippen LogP contribution in [0.5, 0.6) is 0 Å². The maximum atomic E-state index is 12.9. The lowest BCUT2D eigenvalue weighted by molar-refractivity contribution is -0.155. The first kappa shape index (κ1) is 19.5. The molecule has 5 aliphatic rings. The first-order chi connectivity index (χ1) is 14.0. The van der Waals surface area contributed by atoms with Crippen molar-refractivity contribution in [2.45, 2.75) is 68.4 Å². The molecule has 0 saturated heterocycles. The summed E-state index contributed by atoms with van der Waals surface area (Å²) >= 11 is 1.81. The van der Waals surface area contributed by atoms with Gasteiger partial charge < -0.3 is 9.64 Å². The molecule has 5 heteroatoms. The summed E-state index contributed by atoms with van der Waals surface area (Å²) in [7, 11) is 0. The summed E-state index contributed by atoms with van der Waals surface area (Å²) < 4.78 is 5.54. The van der Waals surface area contributed by atoms with E-state index < -0.39 is 0 Å². The van der Waals surface area contributed by atoms with Crippen molar-refractivity contribution in [1.29, 1.82) is 0 Å². The van der Waals surface area contributed by atoms with Crippen molar-refractivity contribution in [3.8, 4) is 0 Å². The van der Waals surface area contributed by atoms with Gasteiger partial charge in [0.05, 0.1) is 12.1 Å². The molecule has 4 saturated carbocycles. The largest absolute Gasteiger partial charge is 0.456 e. The lowest BCUT2D eigenvalue weighted by Crippen LogP contribution is -2.47. The molecule has 4 aliphatic carbocycles. The van der Waals surface area contributed by atoms with Crippen LogP contribution in [0, 0.1) is 23.2 Å². The van der Waals surface area contributed by atoms with Gasteiger partial charge in [0.1, 0.15) is 0 Å². The lowest BCUT2D eigenvalue weighted by atomic mass is 9.49. The third-order valence-electron chi connectivity index (χ3n) is 7.59. The van der Waals surface area contributed by atoms with E-state index in [0.717, 1.165) is 34.8 Å². The molecule has 4 nitrogen and oxygen atoms in total. The van der Waals surface area contributed by atoms with Crippen molar-refractivity contribution in [3.63, 3.8) is 0 Å². The molecule has 1 atom stereocenters. The summed E-state index contributed by atoms with van der Waals surface area (Å²) in [6, 6.07) is 8.05. The normalized spacial score (nSPS) is 35.1. The number of rotatable bonds is 4. The van der Waals surface area contributed by atoms with E-state index in [4.69, 9.17) is 4.74 Å². The van der Waals surface area contributed by atoms with Crippen molar-refractivity contribution in [2.75, 3.05) is 18.1 Å². The Balaban J connectivity index is 1.20. The molecular weight excluding hydrogens is 382 g/mol. The summed E-state index contributed by atoms with van der Waals surface area (Å²) in [6.07, 6.45) is 9.14. The number of para-hydroxylation sites is 1. The number of carbonyl (C=O) groups is 2. The molecule has 0 radical (unpaired) electrons. The number of esters is 1. The number of thioether (sulfide) groups is 1. The van der Waals surface area contributed by atoms with E-state index in [0.29, 0.717) is 18.2 Å². The molecule has 1 aromatic carbocycles. The molecule has 1 heterocycles. The summed E-state index contributed by atoms with van der Waals surface area (Å²) in [4.78, 5) is 28.6. The van der Waals surface area contributed by atoms with Gasteiger partial charge in [-0.15, -0.1) is 11.8 Å². The van der Waals surface area contributed by atoms with Gasteiger partial charge in [-0.05, 0) is 80.2 Å². The van der Waals surface area contributed by atoms with Crippen LogP contribution in [-0.2, 0) is 14.3 Å². The fourth-order valence-corrected chi connectivity index (χ4v) is 7.94. The van der Waals surface area contributed by atoms with Gasteiger partial charge in [0, 0.05) is 16.7 Å². The van der Waals surface area contributed by atoms with Crippen LogP contribution < -0.4 is 4.90 Å². The Labute approximate surface area is 177 Å². The Bertz CT molecular complexity index is 772. The minimum atomic E-state index is -0.175. The third kappa shape index (κ3) is 3.95. The maximum Gasteiger partial charge on any atom is 0.306 e. The predicted octanol–water partition coefficient (Wildman–Crippen LogP) is 5.05. The third-order valence-corrected chi connectivity index (χ3v) is 8.82. The molecule has 0 unspecified atom stereocenters. The van der Waals surface area contributed by atoms with Crippen LogP contribution in [-0.4, -0.2) is 30.3 Å². The highest BCUT2D eigenvalue weighted by Gasteiger charge is 2.51. The summed E-state index contributed by atoms with van der Waals surface area (Å²) in [6.45, 7) is 2.73. The van der Waals surface area contributed by atoms with Crippen LogP contribution in [0.25, 0.3) is 0 Å². The Hall–Kier alpha value is -1.49. The second-order valence-electron chi connectivity index (χ2n) is 9.99. The molecule has 0 N–H and O–H groups in total. The second kappa shape index (κ2) is 7.64. The van der Waals surface area contributed by atoms with Gasteiger partial charge in [-0.1, -0.05) is 19.1 Å². The Morgan fingerprint density at radius 2 is 1.76 bits per heavy atom. The summed E-state index contributed by atoms with van der Waals surface area (Å²) in [5.74, 6) is 2.19. The summed E-state index contributed by atoms with van der Waals surface area (Å²) in [5, 5.41) is 0.465. The van der Waals surface area contributed by atoms with Crippen molar-refractivity contribution >= 4 is 29.3 Å². The van der Waals surface area contributed by atoms with Crippen LogP contribution >= 0.6 is 11.8 Å². The highest BCUT2D eigenvalue weighted by molar-refractivity contribution is 8.00. The number of anilines is 1. The zero-order valence-corrected chi connectivity index (χ0v) is 18.1. The maximum absolute atomic E-state index is 12.9. The molecule has 4 fully saturated rings. The average Bonchev–Trinajstić information content (AvgIpc) is 2.83. The van der Waals surface area contributed by atoms with Crippen LogP contribution in [0.4, 0.5) is 5.69 Å². The molecule has 29 heavy (non-hydrogen) atoms. The monoisotopic (exact) mass is 413 g/mol. The minimum absolute atomic E-state index is 0.106. The van der Waals surface area contributed by atoms with Crippen LogP contribution in [0.15, 0.2) is 29.2 Å². The Kier molecular flexibility index (Phi) is 5.13. The number of hydrogen-bond acceptors (Lipinski definition) is 4. The van der Waals surface area contributed by atoms with E-state index in [9.17, 15) is 9.59 Å². The first-order valence-electron chi connectivity index (χ1n) is 11.2. The number of carbonyl (C=O) groups excluding carboxylic acids is 2. The van der Waals surface area contributed by atoms with Gasteiger partial charge >= 0.3 is 5.97 Å². The van der Waals surface area contributed by atoms with Gasteiger partial charge in [-0.2, -0.15) is 0 Å². The van der Waals surface area contributed by atoms with Crippen molar-refractivity contribution in [3.05, 3.63) is 24.3 Å². The van der Waals surface area contributed by atoms with Gasteiger partial charge in [0.2, 0.25) is 0 Å². The second-order valence-corrected chi connectivity index (χ2v) is 11.5. The molecule has 6 rings (SSSR count). The van der Waals surface area contributed by atoms with E-state index in [2.05, 4.69) is 13.0 Å². The molecular formula is C24H31NO3S. The van der Waals surface area contributed by atoms with Gasteiger partial charge in [0.15, 0.2) is 6.61 Å². The number of hydrogen-bond donors (Lipinski definition) is 0. The molecule has 0 spiro atoms. The van der Waals surface area contributed by atoms with Crippen molar-refractivity contribution in [1.82, 2.24) is 0 Å². The molecule has 1 amide bonds. The molecule has 1 aromatic rings. The Morgan fingerprint density at radius 3 is 2.45 bits per heavy atom. The highest BCUT2D eigenvalue weighted by Crippen LogP contribution is 2.61. The van der Waals surface area contributed by atoms with E-state index in [-0.39, 0.29) is 23.9 Å². The van der Waals surface area contributed by atoms with E-state index in [1.807, 2.05) is 34.9 Å². The molecule has 4 bridgehead atoms. The first-order valence-corrected chi connectivity index (χ1v) is 12.1. The SMILES string of the molecule is C[C@@H]1CCN(C(=O)COC(=O)CC23CC4CC(CC(C4)C2)C3)c2ccccc2S1. The number of amides is 1. The predicted molar refractivity (Wildman–Crippen MR) is 115 cm³/mol. The number of ether oxygens (including phenoxy) is 1. The number of benzene rings is 1. The fraction of sp³-hybridized carbons (Fsp3) is 0.667. The molecule has 0 aromatic heterocycles. The lowest BCUT2D eigenvalue weighted by Gasteiger charge is -2.56. The molecule has 1 aliphatic heterocycles. The van der Waals surface area contributed by atoms with Gasteiger partial charge in [-0.25, -0.2) is 0 Å². The van der Waals surface area contributed by atoms with Gasteiger partial charge in [0.25, 0.3) is 5.91 Å². The van der Waals surface area contributed by atoms with Crippen molar-refractivity contribution < 1.29 is 14.3 Å². The smallest absolute Gasteiger partial charge is 0.306 e. The quantitative estimate of drug-likeness (QED) is 0.648. The standard InChI is InChI=1S/C24H31NO3S/c1-16-6-7-25(20-4-2-3-5-21(20)29-16)22(26)15-28-23(27)14-24-11-17-8-18(12-24)10-19(9-17)13-24/h2-5,16-19H,6-15H2,1H3/t16-,17?,18?,19?,24?/m1/s1. The van der Waals surface area contributed by atoms with Crippen LogP contribution in [0.1, 0.15) is 58.3 Å². The summed E-state index contributed by atoms with van der Waals surface area (Å²) in [5.41, 5.74) is 1.11. The number of nitrogens with zero attached hydrogens (tertiary/aromatic N) is 1. The highest BCUT2D eigenvalue weighted by atomic mass is 32.2. The van der Waals surface area contributed by atoms with E-state index >= 15 is 0 Å². The zero-order chi connectivity index (χ0) is 20.0. The van der Waals surface area contributed by atoms with Crippen molar-refractivity contribution in [2.24, 2.45) is 23.2 Å². The minimum Gasteiger partial charge on any atom is -0.456 e. The molecule has 156 valence electrons. The van der Waals surface area contributed by atoms with Gasteiger partial charge in [-0.3, -0.25) is 9.59 Å². The van der Waals surface area contributed by atoms with Crippen LogP contribution in [0.2, 0.25) is 0 Å². The van der Waals surface area contributed by atoms with E-state index in [1.54, 1.807) is 0 Å². The van der Waals surface area contributed by atoms with E-state index in [1.165, 1.54) is 38.5 Å². The zero-order valence-electron chi connectivity index (χ0n) is 17.3. The Morgan fingerprint density at radius 1 is 1.10 bits per heavy atom. The topological polar surface area (TPSA) is 46.6 Å².